The Kier molecular flexibility index (Phi) is 3.75. The topological polar surface area (TPSA) is 55.6 Å². The highest BCUT2D eigenvalue weighted by molar-refractivity contribution is 5.97. The molecule has 2 N–H and O–H groups in total. The average Bonchev–Trinajstić information content (AvgIpc) is 3.19. The molecule has 18 heavy (non-hydrogen) atoms. The molecule has 1 fully saturated rings. The molecule has 0 bridgehead atoms. The summed E-state index contributed by atoms with van der Waals surface area (Å²) < 4.78 is 5.23. The Bertz CT molecular complexity index is 441. The van der Waals surface area contributed by atoms with Crippen LogP contribution in [0.25, 0.3) is 0 Å². The zero-order valence-electron chi connectivity index (χ0n) is 11.0. The van der Waals surface area contributed by atoms with Crippen molar-refractivity contribution in [2.24, 2.45) is 5.92 Å². The van der Waals surface area contributed by atoms with Crippen LogP contribution in [-0.2, 0) is 0 Å². The van der Waals surface area contributed by atoms with Crippen LogP contribution in [0.1, 0.15) is 30.1 Å². The smallest absolute Gasteiger partial charge is 0.257 e. The second-order valence-electron chi connectivity index (χ2n) is 4.75. The molecular formula is C14H20N2O2. The Morgan fingerprint density at radius 2 is 2.22 bits per heavy atom. The van der Waals surface area contributed by atoms with E-state index in [1.54, 1.807) is 25.3 Å². The number of nitrogens with two attached hydrogens (primary N) is 1. The Hall–Kier alpha value is -1.71. The maximum Gasteiger partial charge on any atom is 0.257 e. The third-order valence-corrected chi connectivity index (χ3v) is 3.30. The van der Waals surface area contributed by atoms with Gasteiger partial charge < -0.3 is 15.4 Å². The van der Waals surface area contributed by atoms with E-state index in [0.29, 0.717) is 29.5 Å². The molecule has 1 aliphatic carbocycles. The highest BCUT2D eigenvalue weighted by atomic mass is 16.5. The molecule has 1 aromatic rings. The van der Waals surface area contributed by atoms with Crippen LogP contribution < -0.4 is 10.5 Å². The predicted molar refractivity (Wildman–Crippen MR) is 71.7 cm³/mol. The maximum absolute atomic E-state index is 12.5. The van der Waals surface area contributed by atoms with Crippen molar-refractivity contribution in [1.82, 2.24) is 4.90 Å². The van der Waals surface area contributed by atoms with Crippen molar-refractivity contribution >= 4 is 11.6 Å². The molecule has 0 aromatic heterocycles. The normalized spacial score (nSPS) is 14.3. The van der Waals surface area contributed by atoms with Crippen molar-refractivity contribution in [3.8, 4) is 5.75 Å². The molecule has 0 heterocycles. The SMILES string of the molecule is CCN(CC1CC1)C(=O)c1cc(N)ccc1OC. The summed E-state index contributed by atoms with van der Waals surface area (Å²) in [6.07, 6.45) is 2.47. The maximum atomic E-state index is 12.5. The van der Waals surface area contributed by atoms with Gasteiger partial charge in [0.2, 0.25) is 0 Å². The molecular weight excluding hydrogens is 228 g/mol. The van der Waals surface area contributed by atoms with E-state index in [4.69, 9.17) is 10.5 Å². The fraction of sp³-hybridized carbons (Fsp3) is 0.500. The first kappa shape index (κ1) is 12.7. The Balaban J connectivity index is 2.21. The van der Waals surface area contributed by atoms with Gasteiger partial charge >= 0.3 is 0 Å². The summed E-state index contributed by atoms with van der Waals surface area (Å²) in [5.74, 6) is 1.28. The zero-order chi connectivity index (χ0) is 13.1. The van der Waals surface area contributed by atoms with Crippen LogP contribution >= 0.6 is 0 Å². The summed E-state index contributed by atoms with van der Waals surface area (Å²) in [6, 6.07) is 5.18. The number of amides is 1. The second-order valence-corrected chi connectivity index (χ2v) is 4.75. The standard InChI is InChI=1S/C14H20N2O2/c1-3-16(9-10-4-5-10)14(17)12-8-11(15)6-7-13(12)18-2/h6-8,10H,3-5,9,15H2,1-2H3. The largest absolute Gasteiger partial charge is 0.496 e. The molecule has 1 aromatic carbocycles. The molecule has 2 rings (SSSR count). The number of hydrogen-bond donors (Lipinski definition) is 1. The number of hydrogen-bond acceptors (Lipinski definition) is 3. The predicted octanol–water partition coefficient (Wildman–Crippen LogP) is 2.15. The average molecular weight is 248 g/mol. The van der Waals surface area contributed by atoms with Crippen molar-refractivity contribution in [2.45, 2.75) is 19.8 Å². The minimum Gasteiger partial charge on any atom is -0.496 e. The van der Waals surface area contributed by atoms with Gasteiger partial charge in [-0.2, -0.15) is 0 Å². The lowest BCUT2D eigenvalue weighted by Gasteiger charge is -2.22. The van der Waals surface area contributed by atoms with Gasteiger partial charge in [-0.05, 0) is 43.9 Å². The van der Waals surface area contributed by atoms with Crippen LogP contribution in [-0.4, -0.2) is 31.0 Å². The van der Waals surface area contributed by atoms with Crippen molar-refractivity contribution in [2.75, 3.05) is 25.9 Å². The number of nitrogens with zero attached hydrogens (tertiary/aromatic N) is 1. The number of methoxy groups -OCH3 is 1. The summed E-state index contributed by atoms with van der Waals surface area (Å²) in [7, 11) is 1.57. The van der Waals surface area contributed by atoms with Crippen LogP contribution in [0.2, 0.25) is 0 Å². The van der Waals surface area contributed by atoms with E-state index >= 15 is 0 Å². The molecule has 4 nitrogen and oxygen atoms in total. The van der Waals surface area contributed by atoms with Crippen LogP contribution in [0.4, 0.5) is 5.69 Å². The van der Waals surface area contributed by atoms with Gasteiger partial charge in [0.05, 0.1) is 12.7 Å². The number of carbonyl (C=O) groups excluding carboxylic acids is 1. The fourth-order valence-electron chi connectivity index (χ4n) is 2.03. The van der Waals surface area contributed by atoms with E-state index in [1.165, 1.54) is 12.8 Å². The molecule has 1 saturated carbocycles. The van der Waals surface area contributed by atoms with Crippen molar-refractivity contribution in [3.63, 3.8) is 0 Å². The summed E-state index contributed by atoms with van der Waals surface area (Å²) >= 11 is 0. The van der Waals surface area contributed by atoms with Crippen LogP contribution in [0.5, 0.6) is 5.75 Å². The number of rotatable bonds is 5. The summed E-state index contributed by atoms with van der Waals surface area (Å²) in [4.78, 5) is 14.3. The lowest BCUT2D eigenvalue weighted by atomic mass is 10.1. The second kappa shape index (κ2) is 5.29. The Morgan fingerprint density at radius 1 is 1.50 bits per heavy atom. The molecule has 0 saturated heterocycles. The first-order valence-electron chi connectivity index (χ1n) is 6.38. The molecule has 98 valence electrons. The van der Waals surface area contributed by atoms with E-state index < -0.39 is 0 Å². The number of benzene rings is 1. The minimum absolute atomic E-state index is 0.00792. The summed E-state index contributed by atoms with van der Waals surface area (Å²) in [5, 5.41) is 0. The van der Waals surface area contributed by atoms with Gasteiger partial charge in [-0.15, -0.1) is 0 Å². The molecule has 0 unspecified atom stereocenters. The van der Waals surface area contributed by atoms with Crippen LogP contribution in [0.15, 0.2) is 18.2 Å². The van der Waals surface area contributed by atoms with E-state index in [1.807, 2.05) is 11.8 Å². The third-order valence-electron chi connectivity index (χ3n) is 3.30. The summed E-state index contributed by atoms with van der Waals surface area (Å²) in [6.45, 7) is 3.56. The fourth-order valence-corrected chi connectivity index (χ4v) is 2.03. The number of carbonyl (C=O) groups is 1. The molecule has 0 aliphatic heterocycles. The Morgan fingerprint density at radius 3 is 2.78 bits per heavy atom. The van der Waals surface area contributed by atoms with Crippen LogP contribution in [0, 0.1) is 5.92 Å². The number of ether oxygens (including phenoxy) is 1. The molecule has 1 amide bonds. The van der Waals surface area contributed by atoms with Gasteiger partial charge in [-0.1, -0.05) is 0 Å². The lowest BCUT2D eigenvalue weighted by molar-refractivity contribution is 0.0753. The van der Waals surface area contributed by atoms with E-state index in [0.717, 1.165) is 6.54 Å². The van der Waals surface area contributed by atoms with Gasteiger partial charge in [0.1, 0.15) is 5.75 Å². The van der Waals surface area contributed by atoms with Crippen molar-refractivity contribution < 1.29 is 9.53 Å². The van der Waals surface area contributed by atoms with E-state index in [-0.39, 0.29) is 5.91 Å². The lowest BCUT2D eigenvalue weighted by Crippen LogP contribution is -2.33. The van der Waals surface area contributed by atoms with Gasteiger partial charge in [-0.25, -0.2) is 0 Å². The first-order chi connectivity index (χ1) is 8.65. The molecule has 0 radical (unpaired) electrons. The third kappa shape index (κ3) is 2.75. The van der Waals surface area contributed by atoms with Crippen molar-refractivity contribution in [3.05, 3.63) is 23.8 Å². The monoisotopic (exact) mass is 248 g/mol. The Labute approximate surface area is 108 Å². The van der Waals surface area contributed by atoms with Gasteiger partial charge in [0.15, 0.2) is 0 Å². The molecule has 4 heteroatoms. The molecule has 1 aliphatic rings. The quantitative estimate of drug-likeness (QED) is 0.812. The highest BCUT2D eigenvalue weighted by Crippen LogP contribution is 2.31. The summed E-state index contributed by atoms with van der Waals surface area (Å²) in [5.41, 5.74) is 6.89. The zero-order valence-corrected chi connectivity index (χ0v) is 11.0. The highest BCUT2D eigenvalue weighted by Gasteiger charge is 2.27. The van der Waals surface area contributed by atoms with Crippen molar-refractivity contribution in [1.29, 1.82) is 0 Å². The number of anilines is 1. The first-order valence-corrected chi connectivity index (χ1v) is 6.38. The molecule has 0 spiro atoms. The van der Waals surface area contributed by atoms with Gasteiger partial charge in [0.25, 0.3) is 5.91 Å². The van der Waals surface area contributed by atoms with E-state index in [2.05, 4.69) is 0 Å². The minimum atomic E-state index is 0.00792. The van der Waals surface area contributed by atoms with Gasteiger partial charge in [-0.3, -0.25) is 4.79 Å². The van der Waals surface area contributed by atoms with E-state index in [9.17, 15) is 4.79 Å². The number of nitrogen functional groups attached to an aromatic ring is 1. The molecule has 0 atom stereocenters. The van der Waals surface area contributed by atoms with Gasteiger partial charge in [0, 0.05) is 18.8 Å². The van der Waals surface area contributed by atoms with Crippen LogP contribution in [0.3, 0.4) is 0 Å².